The summed E-state index contributed by atoms with van der Waals surface area (Å²) in [6.07, 6.45) is 3.92. The quantitative estimate of drug-likeness (QED) is 0.642. The lowest BCUT2D eigenvalue weighted by molar-refractivity contribution is -0.384. The maximum Gasteiger partial charge on any atom is 0.269 e. The lowest BCUT2D eigenvalue weighted by atomic mass is 10.0. The molecule has 0 bridgehead atoms. The van der Waals surface area contributed by atoms with Crippen LogP contribution in [0.1, 0.15) is 25.7 Å². The largest absolute Gasteiger partial charge is 0.317 e. The Morgan fingerprint density at radius 1 is 1.29 bits per heavy atom. The molecule has 1 saturated carbocycles. The molecule has 2 rings (SSSR count). The van der Waals surface area contributed by atoms with Crippen LogP contribution in [0.2, 0.25) is 0 Å². The molecule has 0 spiro atoms. The Bertz CT molecular complexity index is 598. The summed E-state index contributed by atoms with van der Waals surface area (Å²) in [5, 5.41) is 13.8. The SMILES string of the molecule is CNC1CCCC1CCS(=O)(=O)c1ccc([N+](=O)[O-])cc1. The maximum atomic E-state index is 12.3. The molecule has 21 heavy (non-hydrogen) atoms. The van der Waals surface area contributed by atoms with E-state index >= 15 is 0 Å². The van der Waals surface area contributed by atoms with Crippen molar-refractivity contribution in [1.82, 2.24) is 5.32 Å². The second-order valence-corrected chi connectivity index (χ2v) is 7.55. The van der Waals surface area contributed by atoms with Crippen molar-refractivity contribution in [2.45, 2.75) is 36.6 Å². The number of nitrogens with zero attached hydrogens (tertiary/aromatic N) is 1. The summed E-state index contributed by atoms with van der Waals surface area (Å²) >= 11 is 0. The highest BCUT2D eigenvalue weighted by Crippen LogP contribution is 2.29. The smallest absolute Gasteiger partial charge is 0.269 e. The molecule has 2 atom stereocenters. The Balaban J connectivity index is 2.02. The van der Waals surface area contributed by atoms with E-state index in [1.165, 1.54) is 24.3 Å². The summed E-state index contributed by atoms with van der Waals surface area (Å²) in [6, 6.07) is 5.50. The Kier molecular flexibility index (Phi) is 4.95. The van der Waals surface area contributed by atoms with Crippen molar-refractivity contribution < 1.29 is 13.3 Å². The summed E-state index contributed by atoms with van der Waals surface area (Å²) in [6.45, 7) is 0. The summed E-state index contributed by atoms with van der Waals surface area (Å²) in [5.41, 5.74) is -0.0972. The first kappa shape index (κ1) is 15.9. The van der Waals surface area contributed by atoms with Gasteiger partial charge in [0.15, 0.2) is 9.84 Å². The Hall–Kier alpha value is -1.47. The predicted octanol–water partition coefficient (Wildman–Crippen LogP) is 2.15. The zero-order chi connectivity index (χ0) is 15.5. The van der Waals surface area contributed by atoms with Crippen molar-refractivity contribution in [3.8, 4) is 0 Å². The molecule has 1 aromatic rings. The highest BCUT2D eigenvalue weighted by molar-refractivity contribution is 7.91. The fourth-order valence-electron chi connectivity index (χ4n) is 2.96. The van der Waals surface area contributed by atoms with E-state index in [2.05, 4.69) is 5.32 Å². The van der Waals surface area contributed by atoms with Gasteiger partial charge in [-0.2, -0.15) is 0 Å². The third kappa shape index (κ3) is 3.79. The number of non-ortho nitro benzene ring substituents is 1. The van der Waals surface area contributed by atoms with Gasteiger partial charge in [0, 0.05) is 18.2 Å². The van der Waals surface area contributed by atoms with Crippen molar-refractivity contribution in [2.24, 2.45) is 5.92 Å². The lowest BCUT2D eigenvalue weighted by Gasteiger charge is -2.18. The van der Waals surface area contributed by atoms with Crippen molar-refractivity contribution >= 4 is 15.5 Å². The first-order valence-electron chi connectivity index (χ1n) is 7.08. The fraction of sp³-hybridized carbons (Fsp3) is 0.571. The molecule has 0 aliphatic heterocycles. The second-order valence-electron chi connectivity index (χ2n) is 5.44. The van der Waals surface area contributed by atoms with Crippen LogP contribution in [0, 0.1) is 16.0 Å². The molecular weight excluding hydrogens is 292 g/mol. The van der Waals surface area contributed by atoms with Gasteiger partial charge in [-0.05, 0) is 44.4 Å². The summed E-state index contributed by atoms with van der Waals surface area (Å²) in [5.74, 6) is 0.482. The number of nitrogens with one attached hydrogen (secondary N) is 1. The van der Waals surface area contributed by atoms with Gasteiger partial charge >= 0.3 is 0 Å². The fourth-order valence-corrected chi connectivity index (χ4v) is 4.36. The molecule has 116 valence electrons. The summed E-state index contributed by atoms with van der Waals surface area (Å²) in [4.78, 5) is 10.2. The lowest BCUT2D eigenvalue weighted by Crippen LogP contribution is -2.30. The average molecular weight is 312 g/mol. The molecule has 0 aromatic heterocycles. The molecule has 1 fully saturated rings. The summed E-state index contributed by atoms with van der Waals surface area (Å²) < 4.78 is 24.5. The molecular formula is C14H20N2O4S. The predicted molar refractivity (Wildman–Crippen MR) is 80.0 cm³/mol. The van der Waals surface area contributed by atoms with Gasteiger partial charge < -0.3 is 5.32 Å². The average Bonchev–Trinajstić information content (AvgIpc) is 2.93. The van der Waals surface area contributed by atoms with Crippen LogP contribution in [0.5, 0.6) is 0 Å². The van der Waals surface area contributed by atoms with Crippen molar-refractivity contribution in [2.75, 3.05) is 12.8 Å². The van der Waals surface area contributed by atoms with Crippen LogP contribution < -0.4 is 5.32 Å². The topological polar surface area (TPSA) is 89.3 Å². The van der Waals surface area contributed by atoms with E-state index in [4.69, 9.17) is 0 Å². The van der Waals surface area contributed by atoms with E-state index in [1.54, 1.807) is 0 Å². The van der Waals surface area contributed by atoms with Gasteiger partial charge in [-0.3, -0.25) is 10.1 Å². The van der Waals surface area contributed by atoms with Crippen LogP contribution in [0.4, 0.5) is 5.69 Å². The number of nitro benzene ring substituents is 1. The number of sulfone groups is 1. The molecule has 1 N–H and O–H groups in total. The standard InChI is InChI=1S/C14H20N2O4S/c1-15-14-4-2-3-11(14)9-10-21(19,20)13-7-5-12(6-8-13)16(17)18/h5-8,11,14-15H,2-4,9-10H2,1H3. The van der Waals surface area contributed by atoms with Crippen LogP contribution in [-0.4, -0.2) is 32.2 Å². The van der Waals surface area contributed by atoms with Crippen molar-refractivity contribution in [3.05, 3.63) is 34.4 Å². The van der Waals surface area contributed by atoms with Crippen LogP contribution in [-0.2, 0) is 9.84 Å². The van der Waals surface area contributed by atoms with Crippen molar-refractivity contribution in [3.63, 3.8) is 0 Å². The Labute approximate surface area is 124 Å². The molecule has 1 aliphatic carbocycles. The van der Waals surface area contributed by atoms with Crippen LogP contribution in [0.25, 0.3) is 0 Å². The molecule has 1 aromatic carbocycles. The molecule has 0 saturated heterocycles. The van der Waals surface area contributed by atoms with Crippen LogP contribution in [0.3, 0.4) is 0 Å². The number of rotatable bonds is 6. The van der Waals surface area contributed by atoms with Gasteiger partial charge in [-0.1, -0.05) is 6.42 Å². The zero-order valence-corrected chi connectivity index (χ0v) is 12.8. The highest BCUT2D eigenvalue weighted by Gasteiger charge is 2.27. The minimum Gasteiger partial charge on any atom is -0.317 e. The summed E-state index contributed by atoms with van der Waals surface area (Å²) in [7, 11) is -1.46. The van der Waals surface area contributed by atoms with Gasteiger partial charge in [-0.15, -0.1) is 0 Å². The van der Waals surface area contributed by atoms with Crippen LogP contribution in [0.15, 0.2) is 29.2 Å². The molecule has 1 aliphatic rings. The van der Waals surface area contributed by atoms with Crippen LogP contribution >= 0.6 is 0 Å². The van der Waals surface area contributed by atoms with E-state index in [0.29, 0.717) is 18.4 Å². The van der Waals surface area contributed by atoms with E-state index < -0.39 is 14.8 Å². The third-order valence-electron chi connectivity index (χ3n) is 4.19. The normalized spacial score (nSPS) is 22.3. The van der Waals surface area contributed by atoms with Gasteiger partial charge in [0.2, 0.25) is 0 Å². The van der Waals surface area contributed by atoms with Gasteiger partial charge in [0.05, 0.1) is 15.6 Å². The number of hydrogen-bond acceptors (Lipinski definition) is 5. The minimum atomic E-state index is -3.37. The van der Waals surface area contributed by atoms with E-state index in [-0.39, 0.29) is 16.3 Å². The van der Waals surface area contributed by atoms with Crippen molar-refractivity contribution in [1.29, 1.82) is 0 Å². The molecule has 7 heteroatoms. The molecule has 6 nitrogen and oxygen atoms in total. The first-order valence-corrected chi connectivity index (χ1v) is 8.74. The molecule has 0 radical (unpaired) electrons. The third-order valence-corrected chi connectivity index (χ3v) is 5.96. The highest BCUT2D eigenvalue weighted by atomic mass is 32.2. The van der Waals surface area contributed by atoms with E-state index in [0.717, 1.165) is 19.3 Å². The van der Waals surface area contributed by atoms with E-state index in [1.807, 2.05) is 7.05 Å². The maximum absolute atomic E-state index is 12.3. The van der Waals surface area contributed by atoms with E-state index in [9.17, 15) is 18.5 Å². The number of nitro groups is 1. The number of hydrogen-bond donors (Lipinski definition) is 1. The Morgan fingerprint density at radius 3 is 2.52 bits per heavy atom. The zero-order valence-electron chi connectivity index (χ0n) is 12.0. The minimum absolute atomic E-state index is 0.0909. The number of benzene rings is 1. The second kappa shape index (κ2) is 6.53. The van der Waals surface area contributed by atoms with Gasteiger partial charge in [0.25, 0.3) is 5.69 Å². The van der Waals surface area contributed by atoms with Gasteiger partial charge in [-0.25, -0.2) is 8.42 Å². The molecule has 2 unspecified atom stereocenters. The van der Waals surface area contributed by atoms with Gasteiger partial charge in [0.1, 0.15) is 0 Å². The monoisotopic (exact) mass is 312 g/mol. The Morgan fingerprint density at radius 2 is 1.95 bits per heavy atom. The first-order chi connectivity index (χ1) is 9.94. The molecule has 0 amide bonds. The molecule has 0 heterocycles.